The van der Waals surface area contributed by atoms with Gasteiger partial charge in [0.1, 0.15) is 11.5 Å². The van der Waals surface area contributed by atoms with Gasteiger partial charge in [-0.2, -0.15) is 0 Å². The van der Waals surface area contributed by atoms with Crippen LogP contribution in [0.1, 0.15) is 36.3 Å². The molecule has 2 aliphatic heterocycles. The fourth-order valence-electron chi connectivity index (χ4n) is 6.30. The predicted octanol–water partition coefficient (Wildman–Crippen LogP) is 3.52. The average Bonchev–Trinajstić information content (AvgIpc) is 3.46. The minimum absolute atomic E-state index is 0.00670. The summed E-state index contributed by atoms with van der Waals surface area (Å²) in [4.78, 5) is 38.0. The highest BCUT2D eigenvalue weighted by molar-refractivity contribution is 5.80. The molecule has 0 spiro atoms. The Bertz CT molecular complexity index is 1540. The molecule has 0 aliphatic carbocycles. The highest BCUT2D eigenvalue weighted by Gasteiger charge is 2.41. The molecule has 2 aromatic carbocycles. The van der Waals surface area contributed by atoms with Crippen molar-refractivity contribution in [1.82, 2.24) is 24.3 Å². The molecule has 8 nitrogen and oxygen atoms in total. The van der Waals surface area contributed by atoms with E-state index >= 15 is 0 Å². The van der Waals surface area contributed by atoms with Crippen LogP contribution in [0.15, 0.2) is 78.0 Å². The van der Waals surface area contributed by atoms with Crippen LogP contribution in [0.25, 0.3) is 11.0 Å². The zero-order valence-electron chi connectivity index (χ0n) is 22.4. The summed E-state index contributed by atoms with van der Waals surface area (Å²) in [6.45, 7) is 2.90. The number of halogens is 1. The lowest BCUT2D eigenvalue weighted by atomic mass is 9.79. The predicted molar refractivity (Wildman–Crippen MR) is 150 cm³/mol. The number of fused-ring (bicyclic) bond motifs is 1. The number of carbonyl (C=O) groups excluding carboxylic acids is 1. The molecule has 2 unspecified atom stereocenters. The SMILES string of the molecule is O=C(C1CCN(Cc2ccccc2F)CC1c1ccccc1)N1CCC(O)(Cn2cnc3[nH]ccc3c2=O)CC1. The van der Waals surface area contributed by atoms with Crippen molar-refractivity contribution in [2.45, 2.75) is 43.9 Å². The number of amides is 1. The van der Waals surface area contributed by atoms with E-state index in [4.69, 9.17) is 0 Å². The second-order valence-electron chi connectivity index (χ2n) is 11.2. The van der Waals surface area contributed by atoms with E-state index in [0.29, 0.717) is 68.6 Å². The van der Waals surface area contributed by atoms with Gasteiger partial charge < -0.3 is 15.0 Å². The number of aromatic amines is 1. The first-order valence-electron chi connectivity index (χ1n) is 13.9. The third kappa shape index (κ3) is 5.31. The molecule has 4 aromatic rings. The van der Waals surface area contributed by atoms with Gasteiger partial charge in [-0.15, -0.1) is 0 Å². The smallest absolute Gasteiger partial charge is 0.262 e. The molecule has 2 aliphatic rings. The largest absolute Gasteiger partial charge is 0.388 e. The van der Waals surface area contributed by atoms with Gasteiger partial charge >= 0.3 is 0 Å². The Kier molecular flexibility index (Phi) is 7.25. The Labute approximate surface area is 232 Å². The number of likely N-dealkylation sites (tertiary alicyclic amines) is 2. The lowest BCUT2D eigenvalue weighted by Crippen LogP contribution is -2.53. The molecule has 2 aromatic heterocycles. The molecular weight excluding hydrogens is 509 g/mol. The normalized spacial score (nSPS) is 21.5. The van der Waals surface area contributed by atoms with E-state index < -0.39 is 5.60 Å². The van der Waals surface area contributed by atoms with E-state index in [2.05, 4.69) is 27.0 Å². The van der Waals surface area contributed by atoms with Crippen LogP contribution in [0, 0.1) is 11.7 Å². The van der Waals surface area contributed by atoms with E-state index in [0.717, 1.165) is 5.56 Å². The van der Waals surface area contributed by atoms with Crippen molar-refractivity contribution in [2.24, 2.45) is 5.92 Å². The van der Waals surface area contributed by atoms with Crippen LogP contribution in [-0.4, -0.2) is 67.1 Å². The second kappa shape index (κ2) is 11.0. The molecule has 2 N–H and O–H groups in total. The molecule has 208 valence electrons. The number of nitrogens with one attached hydrogen (secondary N) is 1. The van der Waals surface area contributed by atoms with Crippen LogP contribution >= 0.6 is 0 Å². The van der Waals surface area contributed by atoms with Crippen LogP contribution in [0.4, 0.5) is 4.39 Å². The van der Waals surface area contributed by atoms with Crippen LogP contribution < -0.4 is 5.56 Å². The zero-order chi connectivity index (χ0) is 27.7. The molecule has 0 radical (unpaired) electrons. The summed E-state index contributed by atoms with van der Waals surface area (Å²) in [5.41, 5.74) is 1.03. The Hall–Kier alpha value is -3.82. The number of hydrogen-bond donors (Lipinski definition) is 2. The lowest BCUT2D eigenvalue weighted by molar-refractivity contribution is -0.142. The summed E-state index contributed by atoms with van der Waals surface area (Å²) < 4.78 is 15.8. The number of nitrogens with zero attached hydrogens (tertiary/aromatic N) is 4. The van der Waals surface area contributed by atoms with Gasteiger partial charge in [0.25, 0.3) is 5.56 Å². The molecular formula is C31H34FN5O3. The summed E-state index contributed by atoms with van der Waals surface area (Å²) in [5.74, 6) is -0.293. The van der Waals surface area contributed by atoms with Gasteiger partial charge in [0.05, 0.1) is 23.9 Å². The van der Waals surface area contributed by atoms with Gasteiger partial charge in [0.15, 0.2) is 0 Å². The Morgan fingerprint density at radius 1 is 1.05 bits per heavy atom. The van der Waals surface area contributed by atoms with Gasteiger partial charge in [0.2, 0.25) is 5.91 Å². The maximum Gasteiger partial charge on any atom is 0.262 e. The number of aromatic nitrogens is 3. The van der Waals surface area contributed by atoms with Gasteiger partial charge in [-0.3, -0.25) is 19.1 Å². The third-order valence-electron chi connectivity index (χ3n) is 8.61. The van der Waals surface area contributed by atoms with Crippen LogP contribution in [0.3, 0.4) is 0 Å². The molecule has 0 bridgehead atoms. The lowest BCUT2D eigenvalue weighted by Gasteiger charge is -2.43. The molecule has 9 heteroatoms. The fourth-order valence-corrected chi connectivity index (χ4v) is 6.30. The highest BCUT2D eigenvalue weighted by Crippen LogP contribution is 2.36. The molecule has 1 amide bonds. The summed E-state index contributed by atoms with van der Waals surface area (Å²) >= 11 is 0. The van der Waals surface area contributed by atoms with Crippen molar-refractivity contribution in [3.05, 3.63) is 100 Å². The van der Waals surface area contributed by atoms with Crippen molar-refractivity contribution >= 4 is 16.9 Å². The molecule has 6 rings (SSSR count). The van der Waals surface area contributed by atoms with Gasteiger partial charge in [0, 0.05) is 49.8 Å². The number of piperidine rings is 2. The summed E-state index contributed by atoms with van der Waals surface area (Å²) in [6, 6.07) is 18.7. The van der Waals surface area contributed by atoms with Crippen LogP contribution in [-0.2, 0) is 17.9 Å². The third-order valence-corrected chi connectivity index (χ3v) is 8.61. The number of benzene rings is 2. The first kappa shape index (κ1) is 26.4. The maximum atomic E-state index is 14.4. The second-order valence-corrected chi connectivity index (χ2v) is 11.2. The van der Waals surface area contributed by atoms with Crippen molar-refractivity contribution in [2.75, 3.05) is 26.2 Å². The van der Waals surface area contributed by atoms with E-state index in [1.807, 2.05) is 35.2 Å². The van der Waals surface area contributed by atoms with E-state index in [9.17, 15) is 19.1 Å². The minimum atomic E-state index is -1.09. The van der Waals surface area contributed by atoms with E-state index in [1.165, 1.54) is 17.0 Å². The van der Waals surface area contributed by atoms with Gasteiger partial charge in [-0.05, 0) is 43.5 Å². The number of rotatable bonds is 6. The number of carbonyl (C=O) groups is 1. The summed E-state index contributed by atoms with van der Waals surface area (Å²) in [5, 5.41) is 11.8. The first-order chi connectivity index (χ1) is 19.4. The number of aliphatic hydroxyl groups is 1. The molecule has 4 heterocycles. The highest BCUT2D eigenvalue weighted by atomic mass is 19.1. The standard InChI is InChI=1S/C31H34FN5O3/c32-27-9-5-4-8-23(27)18-35-15-11-24(26(19-35)22-6-2-1-3-7-22)29(38)36-16-12-31(40,13-17-36)20-37-21-34-28-25(30(37)39)10-14-33-28/h1-10,14,21,24,26,33,40H,11-13,15-20H2. The monoisotopic (exact) mass is 543 g/mol. The van der Waals surface area contributed by atoms with Crippen LogP contribution in [0.2, 0.25) is 0 Å². The Morgan fingerprint density at radius 3 is 2.58 bits per heavy atom. The Morgan fingerprint density at radius 2 is 1.80 bits per heavy atom. The molecule has 2 fully saturated rings. The topological polar surface area (TPSA) is 94.5 Å². The Balaban J connectivity index is 1.14. The number of H-pyrrole nitrogens is 1. The first-order valence-corrected chi connectivity index (χ1v) is 13.9. The summed E-state index contributed by atoms with van der Waals surface area (Å²) in [7, 11) is 0. The summed E-state index contributed by atoms with van der Waals surface area (Å²) in [6.07, 6.45) is 4.61. The van der Waals surface area contributed by atoms with Crippen molar-refractivity contribution in [3.63, 3.8) is 0 Å². The molecule has 0 saturated carbocycles. The van der Waals surface area contributed by atoms with Gasteiger partial charge in [-0.25, -0.2) is 9.37 Å². The minimum Gasteiger partial charge on any atom is -0.388 e. The average molecular weight is 544 g/mol. The van der Waals surface area contributed by atoms with E-state index in [1.54, 1.807) is 18.3 Å². The van der Waals surface area contributed by atoms with Crippen molar-refractivity contribution < 1.29 is 14.3 Å². The van der Waals surface area contributed by atoms with E-state index in [-0.39, 0.29) is 35.7 Å². The maximum absolute atomic E-state index is 14.4. The van der Waals surface area contributed by atoms with Gasteiger partial charge in [-0.1, -0.05) is 48.5 Å². The van der Waals surface area contributed by atoms with Crippen molar-refractivity contribution in [3.8, 4) is 0 Å². The van der Waals surface area contributed by atoms with Crippen molar-refractivity contribution in [1.29, 1.82) is 0 Å². The molecule has 2 saturated heterocycles. The fraction of sp³-hybridized carbons (Fsp3) is 0.387. The quantitative estimate of drug-likeness (QED) is 0.388. The zero-order valence-corrected chi connectivity index (χ0v) is 22.4. The molecule has 2 atom stereocenters. The van der Waals surface area contributed by atoms with Crippen LogP contribution in [0.5, 0.6) is 0 Å². The number of hydrogen-bond acceptors (Lipinski definition) is 5. The molecule has 40 heavy (non-hydrogen) atoms.